The van der Waals surface area contributed by atoms with Gasteiger partial charge in [-0.25, -0.2) is 0 Å². The van der Waals surface area contributed by atoms with Gasteiger partial charge in [0, 0.05) is 12.6 Å². The predicted octanol–water partition coefficient (Wildman–Crippen LogP) is 2.22. The van der Waals surface area contributed by atoms with E-state index < -0.39 is 5.97 Å². The molecule has 0 aromatic carbocycles. The molecule has 2 atom stereocenters. The lowest BCUT2D eigenvalue weighted by molar-refractivity contribution is -0.141. The Morgan fingerprint density at radius 2 is 1.93 bits per heavy atom. The Balaban J connectivity index is 4.14. The number of rotatable bonds is 7. The van der Waals surface area contributed by atoms with Gasteiger partial charge in [0.2, 0.25) is 0 Å². The topological polar surface area (TPSA) is 40.5 Å². The fourth-order valence-corrected chi connectivity index (χ4v) is 1.47. The second kappa shape index (κ2) is 6.82. The van der Waals surface area contributed by atoms with Crippen LogP contribution in [0.5, 0.6) is 0 Å². The molecule has 0 bridgehead atoms. The average molecular weight is 201 g/mol. The fourth-order valence-electron chi connectivity index (χ4n) is 1.47. The molecule has 0 aromatic heterocycles. The third-order valence-electron chi connectivity index (χ3n) is 2.65. The van der Waals surface area contributed by atoms with E-state index in [9.17, 15) is 4.79 Å². The van der Waals surface area contributed by atoms with Crippen LogP contribution in [-0.4, -0.2) is 35.1 Å². The molecule has 84 valence electrons. The Hall–Kier alpha value is -0.570. The van der Waals surface area contributed by atoms with E-state index in [2.05, 4.69) is 25.7 Å². The van der Waals surface area contributed by atoms with Gasteiger partial charge < -0.3 is 5.11 Å². The van der Waals surface area contributed by atoms with Crippen LogP contribution < -0.4 is 0 Å². The highest BCUT2D eigenvalue weighted by atomic mass is 16.4. The van der Waals surface area contributed by atoms with Crippen molar-refractivity contribution in [2.75, 3.05) is 13.1 Å². The normalized spacial score (nSPS) is 15.5. The molecule has 0 fully saturated rings. The Morgan fingerprint density at radius 1 is 1.36 bits per heavy atom. The van der Waals surface area contributed by atoms with Gasteiger partial charge in [0.05, 0.1) is 5.92 Å². The Kier molecular flexibility index (Phi) is 6.54. The van der Waals surface area contributed by atoms with Crippen LogP contribution in [0.1, 0.15) is 40.5 Å². The summed E-state index contributed by atoms with van der Waals surface area (Å²) in [6, 6.07) is 0.483. The van der Waals surface area contributed by atoms with Crippen LogP contribution in [0, 0.1) is 5.92 Å². The second-order valence-electron chi connectivity index (χ2n) is 3.99. The number of aliphatic carboxylic acids is 1. The van der Waals surface area contributed by atoms with Gasteiger partial charge in [-0.15, -0.1) is 0 Å². The fraction of sp³-hybridized carbons (Fsp3) is 0.909. The van der Waals surface area contributed by atoms with E-state index in [1.165, 1.54) is 0 Å². The van der Waals surface area contributed by atoms with Crippen LogP contribution in [0.3, 0.4) is 0 Å². The van der Waals surface area contributed by atoms with E-state index >= 15 is 0 Å². The summed E-state index contributed by atoms with van der Waals surface area (Å²) in [5.74, 6) is -0.968. The minimum absolute atomic E-state index is 0.268. The van der Waals surface area contributed by atoms with Gasteiger partial charge in [-0.1, -0.05) is 20.8 Å². The van der Waals surface area contributed by atoms with E-state index in [1.54, 1.807) is 6.92 Å². The Morgan fingerprint density at radius 3 is 2.29 bits per heavy atom. The van der Waals surface area contributed by atoms with Crippen molar-refractivity contribution in [1.29, 1.82) is 0 Å². The lowest BCUT2D eigenvalue weighted by Crippen LogP contribution is -2.38. The Bertz CT molecular complexity index is 171. The average Bonchev–Trinajstić information content (AvgIpc) is 2.15. The van der Waals surface area contributed by atoms with Crippen LogP contribution in [0.4, 0.5) is 0 Å². The lowest BCUT2D eigenvalue weighted by atomic mass is 10.1. The number of carboxylic acid groups (broad SMARTS) is 1. The van der Waals surface area contributed by atoms with Gasteiger partial charge in [-0.05, 0) is 26.3 Å². The van der Waals surface area contributed by atoms with Crippen molar-refractivity contribution in [2.24, 2.45) is 5.92 Å². The molecule has 0 radical (unpaired) electrons. The molecule has 0 aromatic rings. The van der Waals surface area contributed by atoms with Gasteiger partial charge in [0.25, 0.3) is 0 Å². The second-order valence-corrected chi connectivity index (χ2v) is 3.99. The molecule has 0 rings (SSSR count). The summed E-state index contributed by atoms with van der Waals surface area (Å²) in [6.07, 6.45) is 2.16. The van der Waals surface area contributed by atoms with Crippen LogP contribution in [0.2, 0.25) is 0 Å². The molecule has 1 N–H and O–H groups in total. The highest BCUT2D eigenvalue weighted by Gasteiger charge is 2.18. The zero-order valence-electron chi connectivity index (χ0n) is 9.79. The molecular formula is C11H23NO2. The first kappa shape index (κ1) is 13.4. The van der Waals surface area contributed by atoms with Crippen molar-refractivity contribution in [2.45, 2.75) is 46.6 Å². The quantitative estimate of drug-likeness (QED) is 0.686. The third kappa shape index (κ3) is 4.61. The highest BCUT2D eigenvalue weighted by Crippen LogP contribution is 2.08. The molecule has 0 spiro atoms. The zero-order valence-corrected chi connectivity index (χ0v) is 9.79. The number of carboxylic acids is 1. The van der Waals surface area contributed by atoms with Gasteiger partial charge in [0.15, 0.2) is 0 Å². The van der Waals surface area contributed by atoms with Crippen LogP contribution in [0.25, 0.3) is 0 Å². The molecule has 0 saturated heterocycles. The van der Waals surface area contributed by atoms with Crippen molar-refractivity contribution in [3.63, 3.8) is 0 Å². The van der Waals surface area contributed by atoms with Gasteiger partial charge >= 0.3 is 5.97 Å². The SMILES string of the molecule is CCCN(CC(C)C(=O)O)C(C)CC. The molecule has 0 aliphatic carbocycles. The number of hydrogen-bond acceptors (Lipinski definition) is 2. The molecule has 0 heterocycles. The maximum atomic E-state index is 10.7. The first-order valence-electron chi connectivity index (χ1n) is 5.49. The van der Waals surface area contributed by atoms with Crippen molar-refractivity contribution in [3.8, 4) is 0 Å². The summed E-state index contributed by atoms with van der Waals surface area (Å²) in [6.45, 7) is 9.85. The van der Waals surface area contributed by atoms with Crippen molar-refractivity contribution in [1.82, 2.24) is 4.90 Å². The van der Waals surface area contributed by atoms with E-state index in [0.717, 1.165) is 19.4 Å². The van der Waals surface area contributed by atoms with Gasteiger partial charge in [0.1, 0.15) is 0 Å². The molecule has 2 unspecified atom stereocenters. The molecule has 0 amide bonds. The summed E-state index contributed by atoms with van der Waals surface area (Å²) < 4.78 is 0. The first-order chi connectivity index (χ1) is 6.52. The van der Waals surface area contributed by atoms with Crippen molar-refractivity contribution < 1.29 is 9.90 Å². The molecular weight excluding hydrogens is 178 g/mol. The maximum Gasteiger partial charge on any atom is 0.307 e. The molecule has 14 heavy (non-hydrogen) atoms. The smallest absolute Gasteiger partial charge is 0.307 e. The molecule has 3 nitrogen and oxygen atoms in total. The molecule has 0 saturated carbocycles. The van der Waals surface area contributed by atoms with E-state index in [-0.39, 0.29) is 5.92 Å². The summed E-state index contributed by atoms with van der Waals surface area (Å²) >= 11 is 0. The summed E-state index contributed by atoms with van der Waals surface area (Å²) in [7, 11) is 0. The van der Waals surface area contributed by atoms with Crippen molar-refractivity contribution >= 4 is 5.97 Å². The summed E-state index contributed by atoms with van der Waals surface area (Å²) in [5.41, 5.74) is 0. The monoisotopic (exact) mass is 201 g/mol. The number of hydrogen-bond donors (Lipinski definition) is 1. The number of nitrogens with zero attached hydrogens (tertiary/aromatic N) is 1. The van der Waals surface area contributed by atoms with E-state index in [4.69, 9.17) is 5.11 Å². The minimum atomic E-state index is -0.700. The molecule has 0 aliphatic heterocycles. The molecule has 3 heteroatoms. The maximum absolute atomic E-state index is 10.7. The van der Waals surface area contributed by atoms with Crippen LogP contribution in [-0.2, 0) is 4.79 Å². The Labute approximate surface area is 87.1 Å². The first-order valence-corrected chi connectivity index (χ1v) is 5.49. The van der Waals surface area contributed by atoms with Crippen LogP contribution >= 0.6 is 0 Å². The predicted molar refractivity (Wildman–Crippen MR) is 58.4 cm³/mol. The summed E-state index contributed by atoms with van der Waals surface area (Å²) in [5, 5.41) is 8.83. The van der Waals surface area contributed by atoms with E-state index in [1.807, 2.05) is 0 Å². The van der Waals surface area contributed by atoms with E-state index in [0.29, 0.717) is 12.6 Å². The third-order valence-corrected chi connectivity index (χ3v) is 2.65. The zero-order chi connectivity index (χ0) is 11.1. The summed E-state index contributed by atoms with van der Waals surface area (Å²) in [4.78, 5) is 13.0. The lowest BCUT2D eigenvalue weighted by Gasteiger charge is -2.29. The van der Waals surface area contributed by atoms with Gasteiger partial charge in [-0.2, -0.15) is 0 Å². The van der Waals surface area contributed by atoms with Crippen LogP contribution in [0.15, 0.2) is 0 Å². The van der Waals surface area contributed by atoms with Gasteiger partial charge in [-0.3, -0.25) is 9.69 Å². The largest absolute Gasteiger partial charge is 0.481 e. The molecule has 0 aliphatic rings. The number of carbonyl (C=O) groups is 1. The standard InChI is InChI=1S/C11H23NO2/c1-5-7-12(10(4)6-2)8-9(3)11(13)14/h9-10H,5-8H2,1-4H3,(H,13,14). The minimum Gasteiger partial charge on any atom is -0.481 e. The highest BCUT2D eigenvalue weighted by molar-refractivity contribution is 5.69. The van der Waals surface area contributed by atoms with Crippen molar-refractivity contribution in [3.05, 3.63) is 0 Å².